The smallest absolute Gasteiger partial charge is 0.133 e. The van der Waals surface area contributed by atoms with E-state index in [1.165, 1.54) is 5.56 Å². The molecule has 1 heterocycles. The lowest BCUT2D eigenvalue weighted by atomic mass is 9.86. The van der Waals surface area contributed by atoms with Crippen LogP contribution in [0.15, 0.2) is 24.4 Å². The largest absolute Gasteiger partial charge is 0.361 e. The second-order valence-electron chi connectivity index (χ2n) is 5.37. The maximum atomic E-state index is 11.7. The van der Waals surface area contributed by atoms with Gasteiger partial charge in [-0.3, -0.25) is 4.79 Å². The lowest BCUT2D eigenvalue weighted by Crippen LogP contribution is -2.14. The van der Waals surface area contributed by atoms with Gasteiger partial charge in [0, 0.05) is 23.0 Å². The van der Waals surface area contributed by atoms with Crippen LogP contribution in [0.1, 0.15) is 43.2 Å². The third-order valence-electron chi connectivity index (χ3n) is 4.28. The first kappa shape index (κ1) is 12.0. The minimum absolute atomic E-state index is 0.143. The standard InChI is InChI=1S/C16H16N2O/c1-10(19)12-3-2-4-13(12)15-9-18-16-6-5-11(8-17)7-14(15)16/h5-7,9,12-13,18H,2-4H2,1H3/t12-,13+/m0/s1. The monoisotopic (exact) mass is 252 g/mol. The van der Waals surface area contributed by atoms with E-state index in [0.29, 0.717) is 11.5 Å². The van der Waals surface area contributed by atoms with Crippen LogP contribution in [0.3, 0.4) is 0 Å². The Morgan fingerprint density at radius 2 is 2.26 bits per heavy atom. The number of ketones is 1. The summed E-state index contributed by atoms with van der Waals surface area (Å²) in [6.45, 7) is 1.69. The van der Waals surface area contributed by atoms with Gasteiger partial charge in [0.05, 0.1) is 11.6 Å². The molecular formula is C16H16N2O. The van der Waals surface area contributed by atoms with Crippen LogP contribution in [0.25, 0.3) is 10.9 Å². The van der Waals surface area contributed by atoms with Crippen molar-refractivity contribution in [2.45, 2.75) is 32.1 Å². The van der Waals surface area contributed by atoms with Gasteiger partial charge < -0.3 is 4.98 Å². The molecule has 2 aromatic rings. The zero-order valence-corrected chi connectivity index (χ0v) is 10.9. The molecule has 96 valence electrons. The number of aromatic nitrogens is 1. The predicted molar refractivity (Wildman–Crippen MR) is 73.8 cm³/mol. The van der Waals surface area contributed by atoms with E-state index in [0.717, 1.165) is 30.2 Å². The number of nitriles is 1. The Balaban J connectivity index is 2.10. The number of fused-ring (bicyclic) bond motifs is 1. The molecule has 1 aromatic heterocycles. The van der Waals surface area contributed by atoms with E-state index in [2.05, 4.69) is 11.1 Å². The molecule has 0 aliphatic heterocycles. The average Bonchev–Trinajstić information content (AvgIpc) is 3.03. The Labute approximate surface area is 112 Å². The van der Waals surface area contributed by atoms with E-state index < -0.39 is 0 Å². The summed E-state index contributed by atoms with van der Waals surface area (Å²) < 4.78 is 0. The molecule has 1 N–H and O–H groups in total. The van der Waals surface area contributed by atoms with E-state index in [4.69, 9.17) is 5.26 Å². The van der Waals surface area contributed by atoms with E-state index in [-0.39, 0.29) is 11.7 Å². The number of Topliss-reactive ketones (excluding diaryl/α,β-unsaturated/α-hetero) is 1. The number of nitrogens with one attached hydrogen (secondary N) is 1. The molecule has 2 atom stereocenters. The number of benzene rings is 1. The molecule has 1 fully saturated rings. The van der Waals surface area contributed by atoms with Crippen LogP contribution in [0.2, 0.25) is 0 Å². The second kappa shape index (κ2) is 4.55. The van der Waals surface area contributed by atoms with E-state index in [1.807, 2.05) is 24.4 Å². The van der Waals surface area contributed by atoms with Crippen LogP contribution in [0, 0.1) is 17.2 Å². The van der Waals surface area contributed by atoms with Crippen molar-refractivity contribution >= 4 is 16.7 Å². The maximum absolute atomic E-state index is 11.7. The van der Waals surface area contributed by atoms with Gasteiger partial charge in [-0.15, -0.1) is 0 Å². The van der Waals surface area contributed by atoms with Crippen LogP contribution >= 0.6 is 0 Å². The van der Waals surface area contributed by atoms with Gasteiger partial charge in [-0.1, -0.05) is 6.42 Å². The van der Waals surface area contributed by atoms with Crippen LogP contribution in [-0.4, -0.2) is 10.8 Å². The van der Waals surface area contributed by atoms with Crippen molar-refractivity contribution in [3.8, 4) is 6.07 Å². The fourth-order valence-electron chi connectivity index (χ4n) is 3.34. The van der Waals surface area contributed by atoms with Crippen molar-refractivity contribution in [1.29, 1.82) is 5.26 Å². The summed E-state index contributed by atoms with van der Waals surface area (Å²) in [5.41, 5.74) is 2.92. The minimum Gasteiger partial charge on any atom is -0.361 e. The van der Waals surface area contributed by atoms with Gasteiger partial charge in [-0.2, -0.15) is 5.26 Å². The van der Waals surface area contributed by atoms with Gasteiger partial charge in [-0.25, -0.2) is 0 Å². The topological polar surface area (TPSA) is 56.6 Å². The molecule has 0 saturated heterocycles. The molecule has 1 aliphatic rings. The molecule has 0 radical (unpaired) electrons. The van der Waals surface area contributed by atoms with Crippen molar-refractivity contribution in [2.24, 2.45) is 5.92 Å². The molecule has 1 aromatic carbocycles. The summed E-state index contributed by atoms with van der Waals surface area (Å²) in [7, 11) is 0. The Kier molecular flexibility index (Phi) is 2.87. The number of hydrogen-bond donors (Lipinski definition) is 1. The Morgan fingerprint density at radius 3 is 3.00 bits per heavy atom. The Morgan fingerprint density at radius 1 is 1.42 bits per heavy atom. The molecule has 0 amide bonds. The second-order valence-corrected chi connectivity index (χ2v) is 5.37. The number of rotatable bonds is 2. The molecule has 1 aliphatic carbocycles. The lowest BCUT2D eigenvalue weighted by molar-refractivity contribution is -0.120. The molecule has 19 heavy (non-hydrogen) atoms. The fourth-order valence-corrected chi connectivity index (χ4v) is 3.34. The normalized spacial score (nSPS) is 22.5. The van der Waals surface area contributed by atoms with E-state index in [1.54, 1.807) is 6.92 Å². The first-order valence-corrected chi connectivity index (χ1v) is 6.72. The van der Waals surface area contributed by atoms with Gasteiger partial charge >= 0.3 is 0 Å². The zero-order valence-electron chi connectivity index (χ0n) is 10.9. The molecule has 3 rings (SSSR count). The van der Waals surface area contributed by atoms with Crippen molar-refractivity contribution in [2.75, 3.05) is 0 Å². The fraction of sp³-hybridized carbons (Fsp3) is 0.375. The van der Waals surface area contributed by atoms with Crippen molar-refractivity contribution < 1.29 is 4.79 Å². The third kappa shape index (κ3) is 1.94. The van der Waals surface area contributed by atoms with Crippen molar-refractivity contribution in [3.63, 3.8) is 0 Å². The van der Waals surface area contributed by atoms with Crippen molar-refractivity contribution in [3.05, 3.63) is 35.5 Å². The summed E-state index contributed by atoms with van der Waals surface area (Å²) in [5.74, 6) is 0.734. The van der Waals surface area contributed by atoms with Gasteiger partial charge in [0.2, 0.25) is 0 Å². The summed E-state index contributed by atoms with van der Waals surface area (Å²) in [6, 6.07) is 7.87. The molecule has 0 bridgehead atoms. The van der Waals surface area contributed by atoms with Gasteiger partial charge in [-0.05, 0) is 49.4 Å². The highest BCUT2D eigenvalue weighted by Crippen LogP contribution is 2.42. The summed E-state index contributed by atoms with van der Waals surface area (Å²) >= 11 is 0. The Hall–Kier alpha value is -2.08. The van der Waals surface area contributed by atoms with Crippen LogP contribution in [0.4, 0.5) is 0 Å². The van der Waals surface area contributed by atoms with Crippen LogP contribution < -0.4 is 0 Å². The highest BCUT2D eigenvalue weighted by molar-refractivity contribution is 5.87. The average molecular weight is 252 g/mol. The zero-order chi connectivity index (χ0) is 13.4. The first-order chi connectivity index (χ1) is 9.20. The number of H-pyrrole nitrogens is 1. The highest BCUT2D eigenvalue weighted by Gasteiger charge is 2.33. The molecule has 1 saturated carbocycles. The number of hydrogen-bond acceptors (Lipinski definition) is 2. The van der Waals surface area contributed by atoms with Crippen molar-refractivity contribution in [1.82, 2.24) is 4.98 Å². The molecule has 0 unspecified atom stereocenters. The first-order valence-electron chi connectivity index (χ1n) is 6.72. The van der Waals surface area contributed by atoms with Crippen LogP contribution in [0.5, 0.6) is 0 Å². The van der Waals surface area contributed by atoms with E-state index >= 15 is 0 Å². The van der Waals surface area contributed by atoms with E-state index in [9.17, 15) is 4.79 Å². The highest BCUT2D eigenvalue weighted by atomic mass is 16.1. The third-order valence-corrected chi connectivity index (χ3v) is 4.28. The lowest BCUT2D eigenvalue weighted by Gasteiger charge is -2.16. The molecule has 3 heteroatoms. The molecular weight excluding hydrogens is 236 g/mol. The number of carbonyl (C=O) groups is 1. The van der Waals surface area contributed by atoms with Crippen LogP contribution in [-0.2, 0) is 4.79 Å². The Bertz CT molecular complexity index is 678. The molecule has 3 nitrogen and oxygen atoms in total. The number of carbonyl (C=O) groups excluding carboxylic acids is 1. The van der Waals surface area contributed by atoms with Gasteiger partial charge in [0.15, 0.2) is 0 Å². The quantitative estimate of drug-likeness (QED) is 0.889. The summed E-state index contributed by atoms with van der Waals surface area (Å²) in [5, 5.41) is 10.1. The minimum atomic E-state index is 0.143. The SMILES string of the molecule is CC(=O)[C@@H]1CCC[C@H]1c1c[nH]c2ccc(C#N)cc12. The molecule has 0 spiro atoms. The predicted octanol–water partition coefficient (Wildman–Crippen LogP) is 3.51. The summed E-state index contributed by atoms with van der Waals surface area (Å²) in [6.07, 6.45) is 5.18. The van der Waals surface area contributed by atoms with Gasteiger partial charge in [0.25, 0.3) is 0 Å². The van der Waals surface area contributed by atoms with Gasteiger partial charge in [0.1, 0.15) is 5.78 Å². The maximum Gasteiger partial charge on any atom is 0.133 e. The number of aromatic amines is 1. The summed E-state index contributed by atoms with van der Waals surface area (Å²) in [4.78, 5) is 15.0. The number of nitrogens with zero attached hydrogens (tertiary/aromatic N) is 1.